The summed E-state index contributed by atoms with van der Waals surface area (Å²) in [4.78, 5) is 31.0. The van der Waals surface area contributed by atoms with Gasteiger partial charge in [0.25, 0.3) is 5.91 Å². The number of fused-ring (bicyclic) bond motifs is 1. The topological polar surface area (TPSA) is 123 Å². The average Bonchev–Trinajstić information content (AvgIpc) is 2.66. The molecule has 2 rings (SSSR count). The zero-order valence-electron chi connectivity index (χ0n) is 14.6. The number of aromatic nitrogens is 1. The Morgan fingerprint density at radius 2 is 1.96 bits per heavy atom. The smallest absolute Gasteiger partial charge is 0.404 e. The van der Waals surface area contributed by atoms with E-state index in [1.807, 2.05) is 0 Å². The van der Waals surface area contributed by atoms with Crippen LogP contribution in [0.1, 0.15) is 15.9 Å². The summed E-state index contributed by atoms with van der Waals surface area (Å²) in [5, 5.41) is 2.89. The van der Waals surface area contributed by atoms with Crippen LogP contribution in [0.3, 0.4) is 0 Å². The third kappa shape index (κ3) is 4.72. The standard InChI is InChI=1S/C18H16F3N5O2/c1-24-16(6-15(23)18(19,20)21)26-17(28)11-3-2-10-4-12(13(7-22)9-27)8-25-14(10)5-11/h2-9H,22-23H2,1H3,(H,24,26,28)/b13-7+,15-6?. The summed E-state index contributed by atoms with van der Waals surface area (Å²) in [5.74, 6) is -1.03. The van der Waals surface area contributed by atoms with Gasteiger partial charge in [0, 0.05) is 47.6 Å². The lowest BCUT2D eigenvalue weighted by atomic mass is 10.1. The van der Waals surface area contributed by atoms with Crippen LogP contribution < -0.4 is 16.8 Å². The number of aldehydes is 1. The maximum atomic E-state index is 12.5. The molecular weight excluding hydrogens is 375 g/mol. The van der Waals surface area contributed by atoms with Crippen molar-refractivity contribution >= 4 is 34.5 Å². The van der Waals surface area contributed by atoms with Crippen LogP contribution in [0.15, 0.2) is 53.4 Å². The van der Waals surface area contributed by atoms with Crippen molar-refractivity contribution < 1.29 is 22.8 Å². The number of rotatable bonds is 4. The summed E-state index contributed by atoms with van der Waals surface area (Å²) in [7, 11) is 1.22. The Hall–Kier alpha value is -3.69. The second-order valence-electron chi connectivity index (χ2n) is 5.53. The number of alkyl halides is 3. The van der Waals surface area contributed by atoms with Gasteiger partial charge in [-0.3, -0.25) is 19.6 Å². The molecule has 1 amide bonds. The zero-order valence-corrected chi connectivity index (χ0v) is 14.6. The van der Waals surface area contributed by atoms with E-state index in [0.717, 1.165) is 6.20 Å². The number of nitrogens with two attached hydrogens (primary N) is 2. The number of hydrogen-bond donors (Lipinski definition) is 3. The Bertz CT molecular complexity index is 1010. The molecule has 28 heavy (non-hydrogen) atoms. The quantitative estimate of drug-likeness (QED) is 0.318. The molecule has 0 saturated carbocycles. The van der Waals surface area contributed by atoms with Crippen molar-refractivity contribution in [1.82, 2.24) is 10.3 Å². The van der Waals surface area contributed by atoms with Gasteiger partial charge in [0.1, 0.15) is 11.5 Å². The molecule has 0 unspecified atom stereocenters. The van der Waals surface area contributed by atoms with Gasteiger partial charge in [0.05, 0.1) is 5.52 Å². The molecule has 0 bridgehead atoms. The summed E-state index contributed by atoms with van der Waals surface area (Å²) < 4.78 is 37.6. The molecule has 0 atom stereocenters. The van der Waals surface area contributed by atoms with E-state index in [9.17, 15) is 22.8 Å². The highest BCUT2D eigenvalue weighted by Gasteiger charge is 2.31. The minimum absolute atomic E-state index is 0.151. The van der Waals surface area contributed by atoms with E-state index in [-0.39, 0.29) is 17.0 Å². The first-order valence-corrected chi connectivity index (χ1v) is 7.79. The number of carbonyl (C=O) groups is 2. The van der Waals surface area contributed by atoms with Crippen molar-refractivity contribution in [2.45, 2.75) is 6.18 Å². The van der Waals surface area contributed by atoms with Crippen LogP contribution in [0.25, 0.3) is 16.5 Å². The lowest BCUT2D eigenvalue weighted by molar-refractivity contribution is -0.103. The summed E-state index contributed by atoms with van der Waals surface area (Å²) in [5.41, 5.74) is 10.3. The van der Waals surface area contributed by atoms with Crippen molar-refractivity contribution in [3.63, 3.8) is 0 Å². The molecule has 5 N–H and O–H groups in total. The molecule has 146 valence electrons. The Balaban J connectivity index is 2.29. The fraction of sp³-hybridized carbons (Fsp3) is 0.111. The molecule has 1 heterocycles. The predicted octanol–water partition coefficient (Wildman–Crippen LogP) is 1.90. The molecule has 0 spiro atoms. The van der Waals surface area contributed by atoms with Gasteiger partial charge < -0.3 is 16.8 Å². The minimum atomic E-state index is -4.73. The van der Waals surface area contributed by atoms with Crippen molar-refractivity contribution in [2.24, 2.45) is 16.5 Å². The predicted molar refractivity (Wildman–Crippen MR) is 99.1 cm³/mol. The van der Waals surface area contributed by atoms with Crippen LogP contribution >= 0.6 is 0 Å². The Morgan fingerprint density at radius 3 is 2.54 bits per heavy atom. The lowest BCUT2D eigenvalue weighted by Gasteiger charge is -2.09. The number of amidine groups is 1. The van der Waals surface area contributed by atoms with E-state index in [4.69, 9.17) is 11.5 Å². The molecule has 10 heteroatoms. The van der Waals surface area contributed by atoms with Gasteiger partial charge in [-0.15, -0.1) is 0 Å². The molecule has 0 radical (unpaired) electrons. The highest BCUT2D eigenvalue weighted by Crippen LogP contribution is 2.21. The highest BCUT2D eigenvalue weighted by atomic mass is 19.4. The van der Waals surface area contributed by atoms with Crippen LogP contribution in [0.5, 0.6) is 0 Å². The molecule has 0 aliphatic rings. The Labute approximate surface area is 157 Å². The molecule has 0 saturated heterocycles. The minimum Gasteiger partial charge on any atom is -0.404 e. The van der Waals surface area contributed by atoms with Gasteiger partial charge in [0.2, 0.25) is 0 Å². The second-order valence-corrected chi connectivity index (χ2v) is 5.53. The van der Waals surface area contributed by atoms with Crippen molar-refractivity contribution in [3.05, 3.63) is 59.6 Å². The summed E-state index contributed by atoms with van der Waals surface area (Å²) in [6, 6.07) is 6.16. The van der Waals surface area contributed by atoms with Crippen molar-refractivity contribution in [2.75, 3.05) is 7.05 Å². The SMILES string of the molecule is CN=C(C=C(N)C(F)(F)F)NC(=O)c1ccc2cc(/C(C=O)=C/N)cnc2c1. The van der Waals surface area contributed by atoms with Crippen LogP contribution in [0.4, 0.5) is 13.2 Å². The maximum Gasteiger partial charge on any atom is 0.430 e. The molecular formula is C18H16F3N5O2. The van der Waals surface area contributed by atoms with Crippen molar-refractivity contribution in [1.29, 1.82) is 0 Å². The van der Waals surface area contributed by atoms with Gasteiger partial charge in [-0.2, -0.15) is 13.2 Å². The third-order valence-electron chi connectivity index (χ3n) is 3.69. The summed E-state index contributed by atoms with van der Waals surface area (Å²) in [6.45, 7) is 0. The Kier molecular flexibility index (Phi) is 6.14. The number of benzene rings is 1. The first kappa shape index (κ1) is 20.6. The largest absolute Gasteiger partial charge is 0.430 e. The number of hydrogen-bond acceptors (Lipinski definition) is 6. The number of carbonyl (C=O) groups excluding carboxylic acids is 2. The molecule has 0 aliphatic carbocycles. The molecule has 1 aromatic heterocycles. The van der Waals surface area contributed by atoms with Gasteiger partial charge in [0.15, 0.2) is 6.29 Å². The van der Waals surface area contributed by atoms with E-state index in [2.05, 4.69) is 15.3 Å². The van der Waals surface area contributed by atoms with Gasteiger partial charge in [-0.25, -0.2) is 0 Å². The number of halogens is 3. The van der Waals surface area contributed by atoms with Gasteiger partial charge >= 0.3 is 6.18 Å². The summed E-state index contributed by atoms with van der Waals surface area (Å²) >= 11 is 0. The van der Waals surface area contributed by atoms with E-state index in [0.29, 0.717) is 28.8 Å². The number of nitrogens with one attached hydrogen (secondary N) is 1. The van der Waals surface area contributed by atoms with E-state index >= 15 is 0 Å². The van der Waals surface area contributed by atoms with Crippen molar-refractivity contribution in [3.8, 4) is 0 Å². The first-order valence-electron chi connectivity index (χ1n) is 7.79. The van der Waals surface area contributed by atoms with E-state index < -0.39 is 17.8 Å². The molecule has 2 aromatic rings. The fourth-order valence-corrected chi connectivity index (χ4v) is 2.20. The van der Waals surface area contributed by atoms with Crippen LogP contribution in [0, 0.1) is 0 Å². The normalized spacial score (nSPS) is 13.5. The molecule has 0 fully saturated rings. The first-order chi connectivity index (χ1) is 13.2. The number of pyridine rings is 1. The monoisotopic (exact) mass is 391 g/mol. The zero-order chi connectivity index (χ0) is 20.9. The lowest BCUT2D eigenvalue weighted by Crippen LogP contribution is -2.31. The van der Waals surface area contributed by atoms with Crippen LogP contribution in [-0.2, 0) is 4.79 Å². The maximum absolute atomic E-state index is 12.5. The van der Waals surface area contributed by atoms with Gasteiger partial charge in [-0.05, 0) is 18.2 Å². The van der Waals surface area contributed by atoms with Crippen LogP contribution in [-0.4, -0.2) is 36.2 Å². The Morgan fingerprint density at radius 1 is 1.25 bits per heavy atom. The fourth-order valence-electron chi connectivity index (χ4n) is 2.20. The van der Waals surface area contributed by atoms with E-state index in [1.165, 1.54) is 25.4 Å². The molecule has 7 nitrogen and oxygen atoms in total. The average molecular weight is 391 g/mol. The van der Waals surface area contributed by atoms with Crippen LogP contribution in [0.2, 0.25) is 0 Å². The third-order valence-corrected chi connectivity index (χ3v) is 3.69. The number of amides is 1. The summed E-state index contributed by atoms with van der Waals surface area (Å²) in [6.07, 6.45) is -1.03. The molecule has 1 aromatic carbocycles. The molecule has 0 aliphatic heterocycles. The number of nitrogens with zero attached hydrogens (tertiary/aromatic N) is 2. The number of allylic oxidation sites excluding steroid dienone is 2. The highest BCUT2D eigenvalue weighted by molar-refractivity contribution is 6.11. The number of aliphatic imine (C=N–C) groups is 1. The second kappa shape index (κ2) is 8.33. The van der Waals surface area contributed by atoms with E-state index in [1.54, 1.807) is 12.1 Å². The van der Waals surface area contributed by atoms with Gasteiger partial charge in [-0.1, -0.05) is 6.07 Å².